The van der Waals surface area contributed by atoms with Crippen LogP contribution in [0.25, 0.3) is 10.2 Å². The van der Waals surface area contributed by atoms with Crippen LogP contribution in [0, 0.1) is 0 Å². The van der Waals surface area contributed by atoms with Crippen LogP contribution in [0.4, 0.5) is 21.9 Å². The lowest BCUT2D eigenvalue weighted by molar-refractivity contribution is 0.0935. The zero-order chi connectivity index (χ0) is 20.0. The van der Waals surface area contributed by atoms with Gasteiger partial charge >= 0.3 is 6.03 Å². The molecule has 0 saturated carbocycles. The molecule has 4 N–H and O–H groups in total. The molecular weight excluding hydrogens is 390 g/mol. The van der Waals surface area contributed by atoms with E-state index < -0.39 is 0 Å². The highest BCUT2D eigenvalue weighted by atomic mass is 32.1. The van der Waals surface area contributed by atoms with Crippen molar-refractivity contribution < 1.29 is 14.7 Å². The number of carbonyl (C=O) groups is 2. The zero-order valence-corrected chi connectivity index (χ0v) is 16.3. The minimum atomic E-state index is -0.359. The van der Waals surface area contributed by atoms with Crippen molar-refractivity contribution in [1.29, 1.82) is 0 Å². The molecule has 9 heteroatoms. The van der Waals surface area contributed by atoms with Crippen LogP contribution in [0.3, 0.4) is 0 Å². The van der Waals surface area contributed by atoms with E-state index in [1.54, 1.807) is 24.4 Å². The first kappa shape index (κ1) is 17.9. The Kier molecular flexibility index (Phi) is 4.33. The van der Waals surface area contributed by atoms with E-state index in [0.29, 0.717) is 26.8 Å². The van der Waals surface area contributed by atoms with Crippen molar-refractivity contribution in [3.05, 3.63) is 41.4 Å². The lowest BCUT2D eigenvalue weighted by atomic mass is 10.1. The molecule has 1 fully saturated rings. The summed E-state index contributed by atoms with van der Waals surface area (Å²) in [5.74, 6) is -0.0699. The zero-order valence-electron chi connectivity index (χ0n) is 15.4. The molecular formula is C20H19N5O3S. The summed E-state index contributed by atoms with van der Waals surface area (Å²) in [5, 5.41) is 19.5. The summed E-state index contributed by atoms with van der Waals surface area (Å²) in [5.41, 5.74) is 1.78. The molecule has 1 saturated heterocycles. The highest BCUT2D eigenvalue weighted by Crippen LogP contribution is 2.45. The number of phenolic OH excluding ortho intramolecular Hbond substituents is 1. The molecule has 3 aromatic rings. The second kappa shape index (κ2) is 7.02. The van der Waals surface area contributed by atoms with Crippen LogP contribution in [0.1, 0.15) is 22.5 Å². The first-order valence-corrected chi connectivity index (χ1v) is 10.3. The number of phenols is 1. The molecule has 4 heterocycles. The number of rotatable bonds is 3. The number of nitrogens with zero attached hydrogens (tertiary/aromatic N) is 2. The molecule has 148 valence electrons. The number of piperidine rings is 1. The Hall–Kier alpha value is -3.17. The quantitative estimate of drug-likeness (QED) is 0.532. The summed E-state index contributed by atoms with van der Waals surface area (Å²) >= 11 is 1.28. The van der Waals surface area contributed by atoms with Crippen molar-refractivity contribution in [3.63, 3.8) is 0 Å². The van der Waals surface area contributed by atoms with Gasteiger partial charge in [-0.3, -0.25) is 9.69 Å². The van der Waals surface area contributed by atoms with E-state index in [-0.39, 0.29) is 23.7 Å². The molecule has 1 aromatic carbocycles. The monoisotopic (exact) mass is 409 g/mol. The number of anilines is 3. The predicted octanol–water partition coefficient (Wildman–Crippen LogP) is 3.17. The normalized spacial score (nSPS) is 18.6. The van der Waals surface area contributed by atoms with Gasteiger partial charge < -0.3 is 21.1 Å². The number of aromatic nitrogens is 1. The number of benzene rings is 1. The van der Waals surface area contributed by atoms with Gasteiger partial charge in [-0.25, -0.2) is 9.78 Å². The Morgan fingerprint density at radius 1 is 1.28 bits per heavy atom. The topological polar surface area (TPSA) is 107 Å². The van der Waals surface area contributed by atoms with Crippen LogP contribution in [-0.4, -0.2) is 41.2 Å². The first-order valence-electron chi connectivity index (χ1n) is 9.45. The fourth-order valence-corrected chi connectivity index (χ4v) is 4.85. The smallest absolute Gasteiger partial charge is 0.331 e. The third-order valence-electron chi connectivity index (χ3n) is 5.19. The van der Waals surface area contributed by atoms with Gasteiger partial charge in [0, 0.05) is 18.8 Å². The maximum Gasteiger partial charge on any atom is 0.331 e. The van der Waals surface area contributed by atoms with Gasteiger partial charge in [-0.05, 0) is 49.7 Å². The SMILES string of the molecule is O=C(N[C@@H]1CCCNC1)c1sc2nccc3c2c1NC(=O)N3c1ccc(O)cc1. The minimum absolute atomic E-state index is 0.0777. The van der Waals surface area contributed by atoms with E-state index in [2.05, 4.69) is 20.9 Å². The molecule has 0 spiro atoms. The summed E-state index contributed by atoms with van der Waals surface area (Å²) in [7, 11) is 0. The molecule has 5 rings (SSSR count). The van der Waals surface area contributed by atoms with Crippen molar-refractivity contribution in [2.45, 2.75) is 18.9 Å². The molecule has 0 aliphatic carbocycles. The Morgan fingerprint density at radius 3 is 2.86 bits per heavy atom. The Labute approximate surface area is 170 Å². The van der Waals surface area contributed by atoms with Gasteiger partial charge in [0.1, 0.15) is 15.5 Å². The molecule has 0 radical (unpaired) electrons. The van der Waals surface area contributed by atoms with E-state index in [9.17, 15) is 14.7 Å². The molecule has 2 aliphatic rings. The second-order valence-electron chi connectivity index (χ2n) is 7.12. The standard InChI is InChI=1S/C20H19N5O3S/c26-13-5-3-12(4-6-13)25-14-7-9-22-19-15(14)16(24-20(25)28)17(29-19)18(27)23-11-2-1-8-21-10-11/h3-7,9,11,21,26H,1-2,8,10H2,(H,23,27)(H,24,28)/t11-/m1/s1. The summed E-state index contributed by atoms with van der Waals surface area (Å²) in [4.78, 5) is 33.0. The molecule has 0 bridgehead atoms. The van der Waals surface area contributed by atoms with Crippen molar-refractivity contribution in [3.8, 4) is 5.75 Å². The van der Waals surface area contributed by atoms with Gasteiger partial charge in [0.15, 0.2) is 0 Å². The van der Waals surface area contributed by atoms with Crippen molar-refractivity contribution in [1.82, 2.24) is 15.6 Å². The lowest BCUT2D eigenvalue weighted by Crippen LogP contribution is -2.45. The number of pyridine rings is 1. The van der Waals surface area contributed by atoms with Gasteiger partial charge in [-0.15, -0.1) is 11.3 Å². The van der Waals surface area contributed by atoms with E-state index in [1.165, 1.54) is 28.4 Å². The summed E-state index contributed by atoms with van der Waals surface area (Å²) in [6.07, 6.45) is 3.59. The summed E-state index contributed by atoms with van der Waals surface area (Å²) in [6, 6.07) is 7.88. The molecule has 8 nitrogen and oxygen atoms in total. The van der Waals surface area contributed by atoms with E-state index >= 15 is 0 Å². The second-order valence-corrected chi connectivity index (χ2v) is 8.11. The number of urea groups is 1. The van der Waals surface area contributed by atoms with Gasteiger partial charge in [-0.2, -0.15) is 0 Å². The Morgan fingerprint density at radius 2 is 2.10 bits per heavy atom. The first-order chi connectivity index (χ1) is 14.1. The van der Waals surface area contributed by atoms with Crippen LogP contribution in [0.15, 0.2) is 36.5 Å². The molecule has 2 aromatic heterocycles. The average molecular weight is 409 g/mol. The highest BCUT2D eigenvalue weighted by molar-refractivity contribution is 7.21. The van der Waals surface area contributed by atoms with Gasteiger partial charge in [-0.1, -0.05) is 0 Å². The van der Waals surface area contributed by atoms with E-state index in [1.807, 2.05) is 0 Å². The highest BCUT2D eigenvalue weighted by Gasteiger charge is 2.33. The van der Waals surface area contributed by atoms with Crippen LogP contribution < -0.4 is 20.9 Å². The van der Waals surface area contributed by atoms with Gasteiger partial charge in [0.2, 0.25) is 0 Å². The van der Waals surface area contributed by atoms with Gasteiger partial charge in [0.25, 0.3) is 5.91 Å². The number of hydrogen-bond acceptors (Lipinski definition) is 6. The third kappa shape index (κ3) is 3.08. The third-order valence-corrected chi connectivity index (χ3v) is 6.29. The molecule has 2 aliphatic heterocycles. The largest absolute Gasteiger partial charge is 0.508 e. The fourth-order valence-electron chi connectivity index (χ4n) is 3.83. The van der Waals surface area contributed by atoms with Crippen LogP contribution >= 0.6 is 11.3 Å². The van der Waals surface area contributed by atoms with Crippen molar-refractivity contribution >= 4 is 50.6 Å². The molecule has 1 atom stereocenters. The predicted molar refractivity (Wildman–Crippen MR) is 112 cm³/mol. The number of aromatic hydroxyl groups is 1. The van der Waals surface area contributed by atoms with Crippen molar-refractivity contribution in [2.75, 3.05) is 23.3 Å². The van der Waals surface area contributed by atoms with Crippen molar-refractivity contribution in [2.24, 2.45) is 0 Å². The molecule has 0 unspecified atom stereocenters. The number of nitrogens with one attached hydrogen (secondary N) is 3. The maximum absolute atomic E-state index is 12.9. The molecule has 3 amide bonds. The minimum Gasteiger partial charge on any atom is -0.508 e. The summed E-state index contributed by atoms with van der Waals surface area (Å²) < 4.78 is 0. The molecule has 29 heavy (non-hydrogen) atoms. The number of carbonyl (C=O) groups excluding carboxylic acids is 2. The van der Waals surface area contributed by atoms with Crippen LogP contribution in [0.5, 0.6) is 5.75 Å². The average Bonchev–Trinajstić information content (AvgIpc) is 3.10. The lowest BCUT2D eigenvalue weighted by Gasteiger charge is -2.28. The number of hydrogen-bond donors (Lipinski definition) is 4. The van der Waals surface area contributed by atoms with Crippen LogP contribution in [0.2, 0.25) is 0 Å². The van der Waals surface area contributed by atoms with Gasteiger partial charge in [0.05, 0.1) is 22.4 Å². The number of amides is 3. The fraction of sp³-hybridized carbons (Fsp3) is 0.250. The van der Waals surface area contributed by atoms with E-state index in [0.717, 1.165) is 31.3 Å². The van der Waals surface area contributed by atoms with Crippen LogP contribution in [-0.2, 0) is 0 Å². The Bertz CT molecular complexity index is 1110. The maximum atomic E-state index is 12.9. The number of thiophene rings is 1. The van der Waals surface area contributed by atoms with E-state index in [4.69, 9.17) is 0 Å². The summed E-state index contributed by atoms with van der Waals surface area (Å²) in [6.45, 7) is 1.72. The Balaban J connectivity index is 1.56.